The third-order valence-corrected chi connectivity index (χ3v) is 3.09. The van der Waals surface area contributed by atoms with Gasteiger partial charge in [0.15, 0.2) is 0 Å². The van der Waals surface area contributed by atoms with Crippen LogP contribution in [0.2, 0.25) is 0 Å². The minimum atomic E-state index is 0.745. The van der Waals surface area contributed by atoms with Crippen molar-refractivity contribution in [2.75, 3.05) is 7.11 Å². The second kappa shape index (κ2) is 4.50. The summed E-state index contributed by atoms with van der Waals surface area (Å²) >= 11 is 0. The van der Waals surface area contributed by atoms with Gasteiger partial charge in [-0.15, -0.1) is 0 Å². The highest BCUT2D eigenvalue weighted by Gasteiger charge is 2.15. The first-order chi connectivity index (χ1) is 6.90. The Bertz CT molecular complexity index is 270. The maximum absolute atomic E-state index is 5.13. The molecule has 0 unspecified atom stereocenters. The minimum absolute atomic E-state index is 0.745. The normalized spacial score (nSPS) is 18.1. The summed E-state index contributed by atoms with van der Waals surface area (Å²) < 4.78 is 5.13. The number of rotatable bonds is 2. The molecule has 0 aromatic heterocycles. The monoisotopic (exact) mass is 189 g/mol. The van der Waals surface area contributed by atoms with Gasteiger partial charge < -0.3 is 4.74 Å². The summed E-state index contributed by atoms with van der Waals surface area (Å²) in [6, 6.07) is 9.48. The predicted molar refractivity (Wildman–Crippen MR) is 57.7 cm³/mol. The van der Waals surface area contributed by atoms with Gasteiger partial charge >= 0.3 is 0 Å². The molecule has 1 aromatic rings. The number of hydrogen-bond acceptors (Lipinski definition) is 1. The van der Waals surface area contributed by atoms with Crippen molar-refractivity contribution in [1.29, 1.82) is 0 Å². The zero-order chi connectivity index (χ0) is 9.80. The lowest BCUT2D eigenvalue weighted by Gasteiger charge is -2.21. The Labute approximate surface area is 86.1 Å². The van der Waals surface area contributed by atoms with Crippen LogP contribution in [0.4, 0.5) is 0 Å². The van der Waals surface area contributed by atoms with Crippen molar-refractivity contribution in [2.45, 2.75) is 38.0 Å². The summed E-state index contributed by atoms with van der Waals surface area (Å²) in [6.45, 7) is 0. The SMILES string of the molecule is COc1c[c]c(C2CCCCC2)cc1. The van der Waals surface area contributed by atoms with Crippen molar-refractivity contribution in [2.24, 2.45) is 0 Å². The third-order valence-electron chi connectivity index (χ3n) is 3.09. The van der Waals surface area contributed by atoms with Gasteiger partial charge in [-0.2, -0.15) is 0 Å². The fourth-order valence-corrected chi connectivity index (χ4v) is 2.22. The van der Waals surface area contributed by atoms with E-state index in [1.165, 1.54) is 37.7 Å². The summed E-state index contributed by atoms with van der Waals surface area (Å²) in [5, 5.41) is 0. The van der Waals surface area contributed by atoms with E-state index in [0.717, 1.165) is 11.7 Å². The van der Waals surface area contributed by atoms with Crippen molar-refractivity contribution >= 4 is 0 Å². The Morgan fingerprint density at radius 2 is 2.00 bits per heavy atom. The van der Waals surface area contributed by atoms with Crippen LogP contribution >= 0.6 is 0 Å². The van der Waals surface area contributed by atoms with Gasteiger partial charge in [-0.1, -0.05) is 25.3 Å². The minimum Gasteiger partial charge on any atom is -0.497 e. The number of hydrogen-bond donors (Lipinski definition) is 0. The molecule has 0 saturated heterocycles. The molecule has 1 aliphatic carbocycles. The zero-order valence-corrected chi connectivity index (χ0v) is 8.75. The zero-order valence-electron chi connectivity index (χ0n) is 8.75. The fourth-order valence-electron chi connectivity index (χ4n) is 2.22. The van der Waals surface area contributed by atoms with E-state index in [1.807, 2.05) is 12.1 Å². The molecule has 1 radical (unpaired) electrons. The lowest BCUT2D eigenvalue weighted by molar-refractivity contribution is 0.413. The van der Waals surface area contributed by atoms with Crippen LogP contribution in [0, 0.1) is 6.07 Å². The van der Waals surface area contributed by atoms with Gasteiger partial charge in [0.1, 0.15) is 5.75 Å². The number of ether oxygens (including phenoxy) is 1. The first kappa shape index (κ1) is 9.57. The van der Waals surface area contributed by atoms with E-state index >= 15 is 0 Å². The van der Waals surface area contributed by atoms with E-state index in [0.29, 0.717) is 0 Å². The van der Waals surface area contributed by atoms with E-state index in [9.17, 15) is 0 Å². The van der Waals surface area contributed by atoms with Crippen LogP contribution < -0.4 is 4.74 Å². The molecule has 0 spiro atoms. The molecule has 0 atom stereocenters. The summed E-state index contributed by atoms with van der Waals surface area (Å²) in [5.41, 5.74) is 1.37. The van der Waals surface area contributed by atoms with E-state index < -0.39 is 0 Å². The molecule has 75 valence electrons. The van der Waals surface area contributed by atoms with Crippen LogP contribution in [-0.4, -0.2) is 7.11 Å². The molecule has 0 amide bonds. The van der Waals surface area contributed by atoms with Crippen LogP contribution in [0.15, 0.2) is 18.2 Å². The van der Waals surface area contributed by atoms with Crippen LogP contribution in [0.1, 0.15) is 43.6 Å². The molecule has 1 aromatic carbocycles. The quantitative estimate of drug-likeness (QED) is 0.691. The highest BCUT2D eigenvalue weighted by molar-refractivity contribution is 5.28. The van der Waals surface area contributed by atoms with E-state index in [4.69, 9.17) is 4.74 Å². The number of methoxy groups -OCH3 is 1. The van der Waals surface area contributed by atoms with Gasteiger partial charge in [0, 0.05) is 0 Å². The van der Waals surface area contributed by atoms with Crippen molar-refractivity contribution in [1.82, 2.24) is 0 Å². The van der Waals surface area contributed by atoms with Crippen molar-refractivity contribution in [3.63, 3.8) is 0 Å². The Kier molecular flexibility index (Phi) is 3.07. The average Bonchev–Trinajstić information content (AvgIpc) is 2.30. The molecule has 1 heteroatoms. The van der Waals surface area contributed by atoms with Gasteiger partial charge in [0.25, 0.3) is 0 Å². The van der Waals surface area contributed by atoms with Gasteiger partial charge in [-0.05, 0) is 42.5 Å². The molecule has 1 aliphatic rings. The van der Waals surface area contributed by atoms with Crippen LogP contribution in [0.3, 0.4) is 0 Å². The maximum Gasteiger partial charge on any atom is 0.119 e. The molecular formula is C13H17O. The number of benzene rings is 1. The summed E-state index contributed by atoms with van der Waals surface area (Å²) in [4.78, 5) is 0. The fraction of sp³-hybridized carbons (Fsp3) is 0.538. The first-order valence-electron chi connectivity index (χ1n) is 5.46. The molecule has 1 saturated carbocycles. The van der Waals surface area contributed by atoms with Crippen molar-refractivity contribution in [3.8, 4) is 5.75 Å². The third kappa shape index (κ3) is 2.09. The summed E-state index contributed by atoms with van der Waals surface area (Å²) in [6.07, 6.45) is 6.84. The molecule has 0 bridgehead atoms. The van der Waals surface area contributed by atoms with E-state index in [1.54, 1.807) is 7.11 Å². The van der Waals surface area contributed by atoms with Gasteiger partial charge in [-0.25, -0.2) is 0 Å². The van der Waals surface area contributed by atoms with Crippen LogP contribution in [-0.2, 0) is 0 Å². The Balaban J connectivity index is 2.07. The molecule has 0 heterocycles. The Morgan fingerprint density at radius 1 is 1.21 bits per heavy atom. The van der Waals surface area contributed by atoms with Gasteiger partial charge in [0.2, 0.25) is 0 Å². The lowest BCUT2D eigenvalue weighted by atomic mass is 9.84. The Morgan fingerprint density at radius 3 is 2.57 bits per heavy atom. The van der Waals surface area contributed by atoms with Gasteiger partial charge in [-0.3, -0.25) is 0 Å². The first-order valence-corrected chi connectivity index (χ1v) is 5.46. The largest absolute Gasteiger partial charge is 0.497 e. The molecular weight excluding hydrogens is 172 g/mol. The Hall–Kier alpha value is -0.980. The second-order valence-electron chi connectivity index (χ2n) is 4.02. The smallest absolute Gasteiger partial charge is 0.119 e. The van der Waals surface area contributed by atoms with E-state index in [-0.39, 0.29) is 0 Å². The molecule has 1 fully saturated rings. The molecule has 14 heavy (non-hydrogen) atoms. The van der Waals surface area contributed by atoms with Crippen molar-refractivity contribution in [3.05, 3.63) is 29.8 Å². The standard InChI is InChI=1S/C13H17O/c1-14-13-9-7-12(8-10-13)11-5-3-2-4-6-11/h7,9-11H,2-6H2,1H3. The molecule has 0 aliphatic heterocycles. The van der Waals surface area contributed by atoms with Gasteiger partial charge in [0.05, 0.1) is 7.11 Å². The lowest BCUT2D eigenvalue weighted by Crippen LogP contribution is -2.04. The van der Waals surface area contributed by atoms with Crippen molar-refractivity contribution < 1.29 is 4.74 Å². The molecule has 2 rings (SSSR count). The highest BCUT2D eigenvalue weighted by Crippen LogP contribution is 2.32. The average molecular weight is 189 g/mol. The molecule has 1 nitrogen and oxygen atoms in total. The second-order valence-corrected chi connectivity index (χ2v) is 4.02. The van der Waals surface area contributed by atoms with Crippen LogP contribution in [0.5, 0.6) is 5.75 Å². The summed E-state index contributed by atoms with van der Waals surface area (Å²) in [5.74, 6) is 1.65. The highest BCUT2D eigenvalue weighted by atomic mass is 16.5. The topological polar surface area (TPSA) is 9.23 Å². The van der Waals surface area contributed by atoms with E-state index in [2.05, 4.69) is 12.1 Å². The maximum atomic E-state index is 5.13. The predicted octanol–water partition coefficient (Wildman–Crippen LogP) is 3.54. The molecule has 0 N–H and O–H groups in total. The summed E-state index contributed by atoms with van der Waals surface area (Å²) in [7, 11) is 1.70. The van der Waals surface area contributed by atoms with Crippen LogP contribution in [0.25, 0.3) is 0 Å².